The van der Waals surface area contributed by atoms with E-state index in [4.69, 9.17) is 4.18 Å². The van der Waals surface area contributed by atoms with Crippen molar-refractivity contribution in [3.8, 4) is 0 Å². The van der Waals surface area contributed by atoms with Gasteiger partial charge in [-0.25, -0.2) is 0 Å². The summed E-state index contributed by atoms with van der Waals surface area (Å²) in [7, 11) is -2.60. The van der Waals surface area contributed by atoms with E-state index >= 15 is 0 Å². The van der Waals surface area contributed by atoms with Crippen molar-refractivity contribution in [1.82, 2.24) is 0 Å². The minimum atomic E-state index is -3.35. The van der Waals surface area contributed by atoms with Crippen LogP contribution >= 0.6 is 10.8 Å². The molecule has 6 heteroatoms. The van der Waals surface area contributed by atoms with E-state index < -0.39 is 9.15 Å². The molecule has 0 unspecified atom stereocenters. The fourth-order valence-electron chi connectivity index (χ4n) is 1.75. The largest absolute Gasteiger partial charge is 0.324 e. The average Bonchev–Trinajstić information content (AvgIpc) is 2.30. The molecule has 0 aliphatic carbocycles. The Balaban J connectivity index is 3.97. The summed E-state index contributed by atoms with van der Waals surface area (Å²) >= 11 is 0. The SMILES string of the molecule is CC[N+](CC)(CC)CCCOS(=O)(=O)SC. The second-order valence-electron chi connectivity index (χ2n) is 3.76. The summed E-state index contributed by atoms with van der Waals surface area (Å²) in [5.41, 5.74) is 0. The second-order valence-corrected chi connectivity index (χ2v) is 7.37. The van der Waals surface area contributed by atoms with Crippen molar-refractivity contribution in [3.63, 3.8) is 0 Å². The van der Waals surface area contributed by atoms with Gasteiger partial charge in [-0.2, -0.15) is 8.42 Å². The van der Waals surface area contributed by atoms with Gasteiger partial charge in [-0.3, -0.25) is 4.18 Å². The van der Waals surface area contributed by atoms with E-state index in [9.17, 15) is 8.42 Å². The van der Waals surface area contributed by atoms with Gasteiger partial charge in [0, 0.05) is 6.42 Å². The zero-order valence-electron chi connectivity index (χ0n) is 10.7. The highest BCUT2D eigenvalue weighted by Gasteiger charge is 2.20. The average molecular weight is 270 g/mol. The molecule has 0 aromatic carbocycles. The second kappa shape index (κ2) is 7.53. The van der Waals surface area contributed by atoms with Crippen molar-refractivity contribution in [2.24, 2.45) is 0 Å². The summed E-state index contributed by atoms with van der Waals surface area (Å²) in [6.07, 6.45) is 2.30. The van der Waals surface area contributed by atoms with Crippen LogP contribution in [0.3, 0.4) is 0 Å². The molecule has 0 atom stereocenters. The Kier molecular flexibility index (Phi) is 7.63. The van der Waals surface area contributed by atoms with Gasteiger partial charge in [0.1, 0.15) is 0 Å². The summed E-state index contributed by atoms with van der Waals surface area (Å²) in [6, 6.07) is 0. The Bertz CT molecular complexity index is 266. The van der Waals surface area contributed by atoms with Gasteiger partial charge in [0.15, 0.2) is 0 Å². The lowest BCUT2D eigenvalue weighted by Crippen LogP contribution is -2.48. The molecular weight excluding hydrogens is 246 g/mol. The van der Waals surface area contributed by atoms with Gasteiger partial charge in [-0.1, -0.05) is 0 Å². The highest BCUT2D eigenvalue weighted by Crippen LogP contribution is 2.11. The Morgan fingerprint density at radius 2 is 1.62 bits per heavy atom. The van der Waals surface area contributed by atoms with Crippen molar-refractivity contribution in [1.29, 1.82) is 0 Å². The maximum Gasteiger partial charge on any atom is 0.321 e. The normalized spacial score (nSPS) is 13.0. The van der Waals surface area contributed by atoms with E-state index in [0.29, 0.717) is 6.61 Å². The van der Waals surface area contributed by atoms with Crippen molar-refractivity contribution < 1.29 is 17.1 Å². The molecule has 98 valence electrons. The molecule has 0 N–H and O–H groups in total. The first-order valence-corrected chi connectivity index (χ1v) is 8.90. The van der Waals surface area contributed by atoms with E-state index in [1.165, 1.54) is 6.26 Å². The first-order valence-electron chi connectivity index (χ1n) is 5.75. The Morgan fingerprint density at radius 3 is 2.00 bits per heavy atom. The summed E-state index contributed by atoms with van der Waals surface area (Å²) in [6.45, 7) is 11.1. The highest BCUT2D eigenvalue weighted by atomic mass is 33.1. The summed E-state index contributed by atoms with van der Waals surface area (Å²) in [5.74, 6) is 0. The van der Waals surface area contributed by atoms with Crippen LogP contribution in [0.5, 0.6) is 0 Å². The molecule has 16 heavy (non-hydrogen) atoms. The highest BCUT2D eigenvalue weighted by molar-refractivity contribution is 8.70. The monoisotopic (exact) mass is 270 g/mol. The van der Waals surface area contributed by atoms with E-state index in [2.05, 4.69) is 20.8 Å². The van der Waals surface area contributed by atoms with Gasteiger partial charge in [0.25, 0.3) is 0 Å². The number of nitrogens with zero attached hydrogens (tertiary/aromatic N) is 1. The first-order chi connectivity index (χ1) is 7.45. The topological polar surface area (TPSA) is 43.4 Å². The Morgan fingerprint density at radius 1 is 1.12 bits per heavy atom. The first kappa shape index (κ1) is 16.2. The summed E-state index contributed by atoms with van der Waals surface area (Å²) < 4.78 is 28.0. The molecule has 0 bridgehead atoms. The van der Waals surface area contributed by atoms with Crippen LogP contribution in [0.25, 0.3) is 0 Å². The predicted octanol–water partition coefficient (Wildman–Crippen LogP) is 1.88. The van der Waals surface area contributed by atoms with E-state index in [-0.39, 0.29) is 0 Å². The Hall–Kier alpha value is 0.220. The fourth-order valence-corrected chi connectivity index (χ4v) is 2.67. The molecule has 0 rings (SSSR count). The molecule has 0 aromatic heterocycles. The molecule has 0 heterocycles. The van der Waals surface area contributed by atoms with E-state index in [1.807, 2.05) is 0 Å². The van der Waals surface area contributed by atoms with Crippen molar-refractivity contribution >= 4 is 19.9 Å². The van der Waals surface area contributed by atoms with Crippen LogP contribution in [0.1, 0.15) is 27.2 Å². The predicted molar refractivity (Wildman–Crippen MR) is 69.8 cm³/mol. The molecule has 4 nitrogen and oxygen atoms in total. The van der Waals surface area contributed by atoms with Crippen LogP contribution in [0, 0.1) is 0 Å². The van der Waals surface area contributed by atoms with Gasteiger partial charge >= 0.3 is 9.15 Å². The molecule has 0 fully saturated rings. The van der Waals surface area contributed by atoms with Gasteiger partial charge in [0.05, 0.1) is 32.8 Å². The van der Waals surface area contributed by atoms with Gasteiger partial charge in [0.2, 0.25) is 0 Å². The zero-order chi connectivity index (χ0) is 12.7. The fraction of sp³-hybridized carbons (Fsp3) is 1.00. The minimum absolute atomic E-state index is 0.295. The molecule has 0 saturated heterocycles. The van der Waals surface area contributed by atoms with Gasteiger partial charge in [-0.15, -0.1) is 0 Å². The number of hydrogen-bond donors (Lipinski definition) is 0. The number of hydrogen-bond acceptors (Lipinski definition) is 4. The Labute approximate surface area is 103 Å². The number of rotatable bonds is 9. The van der Waals surface area contributed by atoms with Crippen molar-refractivity contribution in [3.05, 3.63) is 0 Å². The lowest BCUT2D eigenvalue weighted by Gasteiger charge is -2.35. The van der Waals surface area contributed by atoms with Crippen LogP contribution in [0.15, 0.2) is 0 Å². The third-order valence-corrected chi connectivity index (χ3v) is 5.60. The smallest absolute Gasteiger partial charge is 0.321 e. The lowest BCUT2D eigenvalue weighted by molar-refractivity contribution is -0.923. The van der Waals surface area contributed by atoms with E-state index in [0.717, 1.165) is 47.9 Å². The molecule has 0 saturated carbocycles. The maximum atomic E-state index is 11.1. The standard InChI is InChI=1S/C10H24NO3S2/c1-5-11(6-2,7-3)9-8-10-14-16(12,13)15-4/h5-10H2,1-4H3/q+1. The van der Waals surface area contributed by atoms with Crippen molar-refractivity contribution in [2.45, 2.75) is 27.2 Å². The molecular formula is C10H24NO3S2+. The van der Waals surface area contributed by atoms with Crippen LogP contribution in [0.4, 0.5) is 0 Å². The van der Waals surface area contributed by atoms with Crippen LogP contribution in [-0.4, -0.2) is 51.9 Å². The minimum Gasteiger partial charge on any atom is -0.324 e. The molecule has 0 amide bonds. The molecule has 0 spiro atoms. The summed E-state index contributed by atoms with van der Waals surface area (Å²) in [4.78, 5) is 0. The number of quaternary nitrogens is 1. The van der Waals surface area contributed by atoms with Gasteiger partial charge in [-0.05, 0) is 37.8 Å². The molecule has 0 aliphatic heterocycles. The van der Waals surface area contributed by atoms with E-state index in [1.54, 1.807) is 0 Å². The lowest BCUT2D eigenvalue weighted by atomic mass is 10.3. The quantitative estimate of drug-likeness (QED) is 0.364. The van der Waals surface area contributed by atoms with Gasteiger partial charge < -0.3 is 4.48 Å². The van der Waals surface area contributed by atoms with Crippen molar-refractivity contribution in [2.75, 3.05) is 39.0 Å². The molecule has 0 aliphatic rings. The third-order valence-electron chi connectivity index (χ3n) is 3.22. The molecule has 0 aromatic rings. The summed E-state index contributed by atoms with van der Waals surface area (Å²) in [5, 5.41) is 0. The molecule has 0 radical (unpaired) electrons. The zero-order valence-corrected chi connectivity index (χ0v) is 12.4. The van der Waals surface area contributed by atoms with Crippen LogP contribution in [0.2, 0.25) is 0 Å². The van der Waals surface area contributed by atoms with Crippen LogP contribution < -0.4 is 0 Å². The maximum absolute atomic E-state index is 11.1. The van der Waals surface area contributed by atoms with Crippen LogP contribution in [-0.2, 0) is 13.3 Å². The third kappa shape index (κ3) is 5.52.